The van der Waals surface area contributed by atoms with Gasteiger partial charge in [0.1, 0.15) is 5.82 Å². The lowest BCUT2D eigenvalue weighted by Gasteiger charge is -2.17. The summed E-state index contributed by atoms with van der Waals surface area (Å²) in [5.74, 6) is -1.99. The van der Waals surface area contributed by atoms with E-state index in [1.54, 1.807) is 21.7 Å². The molecule has 4 nitrogen and oxygen atoms in total. The van der Waals surface area contributed by atoms with E-state index in [0.717, 1.165) is 16.9 Å². The van der Waals surface area contributed by atoms with Crippen LogP contribution in [0.25, 0.3) is 5.65 Å². The van der Waals surface area contributed by atoms with Crippen molar-refractivity contribution >= 4 is 11.5 Å². The topological polar surface area (TPSA) is 33.4 Å². The Balaban J connectivity index is 2.05. The van der Waals surface area contributed by atoms with Crippen LogP contribution in [-0.2, 0) is 0 Å². The van der Waals surface area contributed by atoms with Gasteiger partial charge in [-0.2, -0.15) is 5.10 Å². The first-order chi connectivity index (χ1) is 8.46. The zero-order valence-electron chi connectivity index (χ0n) is 10.3. The molecule has 1 saturated heterocycles. The van der Waals surface area contributed by atoms with Crippen molar-refractivity contribution in [3.05, 3.63) is 23.5 Å². The molecule has 0 amide bonds. The predicted molar refractivity (Wildman–Crippen MR) is 64.2 cm³/mol. The van der Waals surface area contributed by atoms with E-state index >= 15 is 0 Å². The lowest BCUT2D eigenvalue weighted by Crippen LogP contribution is -2.26. The van der Waals surface area contributed by atoms with Crippen molar-refractivity contribution < 1.29 is 8.78 Å². The molecular formula is C12H14F2N4. The Labute approximate surface area is 103 Å². The third kappa shape index (κ3) is 1.72. The van der Waals surface area contributed by atoms with Crippen LogP contribution in [0.5, 0.6) is 0 Å². The number of fused-ring (bicyclic) bond motifs is 1. The second kappa shape index (κ2) is 3.63. The number of hydrogen-bond donors (Lipinski definition) is 0. The monoisotopic (exact) mass is 252 g/mol. The minimum Gasteiger partial charge on any atom is -0.350 e. The Kier molecular flexibility index (Phi) is 2.30. The molecule has 0 aromatic carbocycles. The summed E-state index contributed by atoms with van der Waals surface area (Å²) in [6.45, 7) is 3.92. The highest BCUT2D eigenvalue weighted by molar-refractivity contribution is 5.54. The fourth-order valence-corrected chi connectivity index (χ4v) is 2.30. The van der Waals surface area contributed by atoms with Crippen LogP contribution in [0.4, 0.5) is 14.6 Å². The highest BCUT2D eigenvalue weighted by atomic mass is 19.3. The number of hydrogen-bond acceptors (Lipinski definition) is 3. The molecule has 18 heavy (non-hydrogen) atoms. The molecule has 0 N–H and O–H groups in total. The fourth-order valence-electron chi connectivity index (χ4n) is 2.30. The van der Waals surface area contributed by atoms with Gasteiger partial charge in [-0.25, -0.2) is 18.3 Å². The molecule has 0 saturated carbocycles. The maximum atomic E-state index is 13.2. The van der Waals surface area contributed by atoms with Crippen LogP contribution >= 0.6 is 0 Å². The van der Waals surface area contributed by atoms with E-state index in [1.165, 1.54) is 0 Å². The Hall–Kier alpha value is -1.72. The van der Waals surface area contributed by atoms with Crippen LogP contribution in [0, 0.1) is 13.8 Å². The van der Waals surface area contributed by atoms with E-state index < -0.39 is 5.92 Å². The summed E-state index contributed by atoms with van der Waals surface area (Å²) in [7, 11) is 0. The van der Waals surface area contributed by atoms with Crippen molar-refractivity contribution in [1.82, 2.24) is 14.6 Å². The van der Waals surface area contributed by atoms with Gasteiger partial charge in [-0.15, -0.1) is 0 Å². The van der Waals surface area contributed by atoms with Gasteiger partial charge >= 0.3 is 0 Å². The van der Waals surface area contributed by atoms with Crippen LogP contribution < -0.4 is 4.90 Å². The normalized spacial score (nSPS) is 18.8. The molecule has 1 aliphatic rings. The van der Waals surface area contributed by atoms with Gasteiger partial charge < -0.3 is 4.90 Å². The van der Waals surface area contributed by atoms with Crippen molar-refractivity contribution in [3.8, 4) is 0 Å². The van der Waals surface area contributed by atoms with Crippen molar-refractivity contribution in [1.29, 1.82) is 0 Å². The van der Waals surface area contributed by atoms with Gasteiger partial charge in [-0.05, 0) is 13.8 Å². The molecule has 6 heteroatoms. The number of nitrogens with zero attached hydrogens (tertiary/aromatic N) is 4. The van der Waals surface area contributed by atoms with E-state index in [1.807, 2.05) is 13.8 Å². The van der Waals surface area contributed by atoms with Crippen LogP contribution in [0.1, 0.15) is 17.7 Å². The molecule has 3 heterocycles. The van der Waals surface area contributed by atoms with E-state index in [2.05, 4.69) is 10.1 Å². The van der Waals surface area contributed by atoms with Gasteiger partial charge in [-0.1, -0.05) is 0 Å². The van der Waals surface area contributed by atoms with Crippen molar-refractivity contribution in [2.24, 2.45) is 0 Å². The molecule has 1 fully saturated rings. The van der Waals surface area contributed by atoms with Crippen LogP contribution in [-0.4, -0.2) is 33.6 Å². The average Bonchev–Trinajstić information content (AvgIpc) is 2.83. The minimum atomic E-state index is -2.60. The van der Waals surface area contributed by atoms with Crippen LogP contribution in [0.15, 0.2) is 12.3 Å². The molecule has 1 aliphatic heterocycles. The van der Waals surface area contributed by atoms with Gasteiger partial charge in [-0.3, -0.25) is 0 Å². The minimum absolute atomic E-state index is 0.100. The molecular weight excluding hydrogens is 238 g/mol. The second-order valence-electron chi connectivity index (χ2n) is 4.85. The summed E-state index contributed by atoms with van der Waals surface area (Å²) < 4.78 is 28.2. The first-order valence-electron chi connectivity index (χ1n) is 5.91. The molecule has 2 aromatic heterocycles. The summed E-state index contributed by atoms with van der Waals surface area (Å²) in [6.07, 6.45) is 1.63. The summed E-state index contributed by atoms with van der Waals surface area (Å²) >= 11 is 0. The number of alkyl halides is 2. The molecule has 0 radical (unpaired) electrons. The average molecular weight is 252 g/mol. The summed E-state index contributed by atoms with van der Waals surface area (Å²) in [5, 5.41) is 4.20. The summed E-state index contributed by atoms with van der Waals surface area (Å²) in [6, 6.07) is 1.81. The maximum absolute atomic E-state index is 13.2. The number of aromatic nitrogens is 3. The van der Waals surface area contributed by atoms with E-state index in [-0.39, 0.29) is 13.0 Å². The highest BCUT2D eigenvalue weighted by Gasteiger charge is 2.38. The molecule has 0 spiro atoms. The number of aryl methyl sites for hydroxylation is 2. The molecule has 0 aliphatic carbocycles. The van der Waals surface area contributed by atoms with Crippen molar-refractivity contribution in [2.75, 3.05) is 18.0 Å². The lowest BCUT2D eigenvalue weighted by atomic mass is 10.3. The fraction of sp³-hybridized carbons (Fsp3) is 0.500. The van der Waals surface area contributed by atoms with Crippen molar-refractivity contribution in [2.45, 2.75) is 26.2 Å². The quantitative estimate of drug-likeness (QED) is 0.780. The van der Waals surface area contributed by atoms with Gasteiger partial charge in [0.05, 0.1) is 12.7 Å². The number of halogens is 2. The smallest absolute Gasteiger partial charge is 0.266 e. The zero-order valence-corrected chi connectivity index (χ0v) is 10.3. The Morgan fingerprint density at radius 2 is 2.11 bits per heavy atom. The largest absolute Gasteiger partial charge is 0.350 e. The number of anilines is 1. The van der Waals surface area contributed by atoms with E-state index in [0.29, 0.717) is 12.4 Å². The maximum Gasteiger partial charge on any atom is 0.266 e. The Bertz CT molecular complexity index is 605. The third-order valence-electron chi connectivity index (χ3n) is 3.31. The molecule has 0 atom stereocenters. The summed E-state index contributed by atoms with van der Waals surface area (Å²) in [4.78, 5) is 6.07. The lowest BCUT2D eigenvalue weighted by molar-refractivity contribution is 0.0256. The molecule has 96 valence electrons. The first kappa shape index (κ1) is 11.4. The first-order valence-corrected chi connectivity index (χ1v) is 5.91. The molecule has 0 bridgehead atoms. The van der Waals surface area contributed by atoms with Gasteiger partial charge in [0, 0.05) is 30.3 Å². The number of rotatable bonds is 1. The van der Waals surface area contributed by atoms with Crippen LogP contribution in [0.3, 0.4) is 0 Å². The van der Waals surface area contributed by atoms with Crippen molar-refractivity contribution in [3.63, 3.8) is 0 Å². The standard InChI is InChI=1S/C12H14F2N4/c1-8-6-15-18-9(2)5-10(16-11(8)18)17-4-3-12(13,14)7-17/h5-6H,3-4,7H2,1-2H3. The third-order valence-corrected chi connectivity index (χ3v) is 3.31. The van der Waals surface area contributed by atoms with E-state index in [4.69, 9.17) is 0 Å². The Morgan fingerprint density at radius 1 is 1.33 bits per heavy atom. The Morgan fingerprint density at radius 3 is 2.78 bits per heavy atom. The molecule has 3 rings (SSSR count). The zero-order chi connectivity index (χ0) is 12.9. The van der Waals surface area contributed by atoms with Gasteiger partial charge in [0.2, 0.25) is 0 Å². The van der Waals surface area contributed by atoms with Crippen LogP contribution in [0.2, 0.25) is 0 Å². The second-order valence-corrected chi connectivity index (χ2v) is 4.85. The SMILES string of the molecule is Cc1cnn2c(C)cc(N3CCC(F)(F)C3)nc12. The molecule has 2 aromatic rings. The predicted octanol–water partition coefficient (Wildman–Crippen LogP) is 2.19. The van der Waals surface area contributed by atoms with Gasteiger partial charge in [0.25, 0.3) is 5.92 Å². The molecule has 0 unspecified atom stereocenters. The summed E-state index contributed by atoms with van der Waals surface area (Å²) in [5.41, 5.74) is 2.59. The highest BCUT2D eigenvalue weighted by Crippen LogP contribution is 2.30. The van der Waals surface area contributed by atoms with E-state index in [9.17, 15) is 8.78 Å². The van der Waals surface area contributed by atoms with Gasteiger partial charge in [0.15, 0.2) is 5.65 Å².